The summed E-state index contributed by atoms with van der Waals surface area (Å²) in [5, 5.41) is 8.63. The third-order valence-corrected chi connectivity index (χ3v) is 12.3. The van der Waals surface area contributed by atoms with E-state index < -0.39 is 23.8 Å². The molecule has 61 heavy (non-hydrogen) atoms. The van der Waals surface area contributed by atoms with Crippen molar-refractivity contribution in [3.05, 3.63) is 0 Å². The van der Waals surface area contributed by atoms with Gasteiger partial charge in [0, 0.05) is 19.6 Å². The van der Waals surface area contributed by atoms with E-state index in [1.165, 1.54) is 193 Å². The smallest absolute Gasteiger partial charge is 0.407 e. The Bertz CT molecular complexity index is 855. The molecular formula is C51H102N4O6. The van der Waals surface area contributed by atoms with Crippen LogP contribution in [0.3, 0.4) is 0 Å². The van der Waals surface area contributed by atoms with Gasteiger partial charge in [0.1, 0.15) is 25.4 Å². The zero-order chi connectivity index (χ0) is 44.8. The van der Waals surface area contributed by atoms with Gasteiger partial charge in [0.05, 0.1) is 0 Å². The van der Waals surface area contributed by atoms with Crippen molar-refractivity contribution in [2.45, 2.75) is 257 Å². The topological polar surface area (TPSA) is 118 Å². The van der Waals surface area contributed by atoms with E-state index in [4.69, 9.17) is 14.2 Å². The Balaban J connectivity index is 4.69. The lowest BCUT2D eigenvalue weighted by Gasteiger charge is -2.37. The maximum absolute atomic E-state index is 12.8. The number of likely N-dealkylation sites (N-methyl/N-ethyl adjacent to an activating group) is 1. The summed E-state index contributed by atoms with van der Waals surface area (Å²) in [5.74, 6) is 0. The number of amides is 3. The molecule has 0 aromatic heterocycles. The maximum atomic E-state index is 12.8. The van der Waals surface area contributed by atoms with Crippen LogP contribution in [0.4, 0.5) is 14.4 Å². The molecule has 0 unspecified atom stereocenters. The minimum Gasteiger partial charge on any atom is -0.447 e. The number of hydrogen-bond donors (Lipinski definition) is 3. The molecule has 0 heterocycles. The standard InChI is InChI=1S/C51H102N4O6/c1-6-9-12-15-18-21-24-27-30-33-36-39-42-52-48(56)59-45-51(55(4)5,46-60-49(57)53-43-40-37-34-31-28-25-22-19-16-13-10-7-2)47-61-50(58)54-44-41-38-35-32-29-26-23-20-17-14-11-8-3/h6-47H2,1-5H3,(H,52,56)(H,53,57)(H,54,58). The third-order valence-electron chi connectivity index (χ3n) is 12.3. The fourth-order valence-corrected chi connectivity index (χ4v) is 7.73. The van der Waals surface area contributed by atoms with Gasteiger partial charge in [0.25, 0.3) is 0 Å². The van der Waals surface area contributed by atoms with Gasteiger partial charge < -0.3 is 30.2 Å². The fraction of sp³-hybridized carbons (Fsp3) is 0.941. The molecule has 0 aliphatic carbocycles. The molecule has 362 valence electrons. The fourth-order valence-electron chi connectivity index (χ4n) is 7.73. The average molecular weight is 867 g/mol. The highest BCUT2D eigenvalue weighted by atomic mass is 16.6. The second-order valence-electron chi connectivity index (χ2n) is 18.3. The van der Waals surface area contributed by atoms with Crippen LogP contribution in [0.25, 0.3) is 0 Å². The van der Waals surface area contributed by atoms with Gasteiger partial charge in [-0.2, -0.15) is 0 Å². The number of rotatable bonds is 46. The Morgan fingerprint density at radius 2 is 0.508 bits per heavy atom. The first-order chi connectivity index (χ1) is 29.8. The van der Waals surface area contributed by atoms with Crippen molar-refractivity contribution in [3.63, 3.8) is 0 Å². The molecular weight excluding hydrogens is 765 g/mol. The molecule has 0 radical (unpaired) electrons. The second-order valence-corrected chi connectivity index (χ2v) is 18.3. The summed E-state index contributed by atoms with van der Waals surface area (Å²) in [4.78, 5) is 40.2. The highest BCUT2D eigenvalue weighted by Gasteiger charge is 2.38. The molecule has 0 spiro atoms. The first kappa shape index (κ1) is 58.8. The molecule has 10 nitrogen and oxygen atoms in total. The van der Waals surface area contributed by atoms with Crippen LogP contribution < -0.4 is 16.0 Å². The summed E-state index contributed by atoms with van der Waals surface area (Å²) in [5.41, 5.74) is -1.06. The van der Waals surface area contributed by atoms with E-state index in [1.807, 2.05) is 19.0 Å². The zero-order valence-corrected chi connectivity index (χ0v) is 41.1. The normalized spacial score (nSPS) is 11.5. The van der Waals surface area contributed by atoms with Gasteiger partial charge in [0.15, 0.2) is 0 Å². The predicted octanol–water partition coefficient (Wildman–Crippen LogP) is 14.6. The third kappa shape index (κ3) is 40.3. The van der Waals surface area contributed by atoms with Crippen LogP contribution in [0.15, 0.2) is 0 Å². The Hall–Kier alpha value is -2.23. The monoisotopic (exact) mass is 867 g/mol. The van der Waals surface area contributed by atoms with E-state index in [9.17, 15) is 14.4 Å². The summed E-state index contributed by atoms with van der Waals surface area (Å²) in [6.07, 6.45) is 43.7. The molecule has 0 aliphatic rings. The Morgan fingerprint density at radius 3 is 0.689 bits per heavy atom. The molecule has 3 amide bonds. The van der Waals surface area contributed by atoms with Crippen LogP contribution in [-0.4, -0.2) is 82.3 Å². The number of hydrogen-bond acceptors (Lipinski definition) is 7. The van der Waals surface area contributed by atoms with E-state index in [0.29, 0.717) is 19.6 Å². The van der Waals surface area contributed by atoms with Crippen LogP contribution in [-0.2, 0) is 14.2 Å². The summed E-state index contributed by atoms with van der Waals surface area (Å²) < 4.78 is 17.1. The van der Waals surface area contributed by atoms with Crippen molar-refractivity contribution < 1.29 is 28.6 Å². The highest BCUT2D eigenvalue weighted by Crippen LogP contribution is 2.18. The number of nitrogens with zero attached hydrogens (tertiary/aromatic N) is 1. The molecule has 0 atom stereocenters. The van der Waals surface area contributed by atoms with E-state index in [2.05, 4.69) is 36.7 Å². The molecule has 0 rings (SSSR count). The van der Waals surface area contributed by atoms with Crippen molar-refractivity contribution in [1.82, 2.24) is 20.9 Å². The van der Waals surface area contributed by atoms with Crippen molar-refractivity contribution in [2.24, 2.45) is 0 Å². The highest BCUT2D eigenvalue weighted by molar-refractivity contribution is 5.68. The van der Waals surface area contributed by atoms with Gasteiger partial charge in [-0.15, -0.1) is 0 Å². The van der Waals surface area contributed by atoms with Crippen molar-refractivity contribution in [2.75, 3.05) is 53.6 Å². The molecule has 0 aromatic carbocycles. The molecule has 0 bridgehead atoms. The van der Waals surface area contributed by atoms with Gasteiger partial charge in [-0.05, 0) is 33.4 Å². The maximum Gasteiger partial charge on any atom is 0.407 e. The Kier molecular flexibility index (Phi) is 44.1. The minimum atomic E-state index is -1.06. The number of nitrogens with one attached hydrogen (secondary N) is 3. The molecule has 3 N–H and O–H groups in total. The molecule has 0 fully saturated rings. The quantitative estimate of drug-likeness (QED) is 0.0412. The number of alkyl carbamates (subject to hydrolysis) is 3. The summed E-state index contributed by atoms with van der Waals surface area (Å²) in [6.45, 7) is 8.08. The number of ether oxygens (including phenoxy) is 3. The van der Waals surface area contributed by atoms with E-state index in [1.54, 1.807) is 0 Å². The SMILES string of the molecule is CCCCCCCCCCCCCCNC(=O)OCC(COC(=O)NCCCCCCCCCCCCCC)(COC(=O)NCCCCCCCCCCCCCC)N(C)C. The van der Waals surface area contributed by atoms with Crippen LogP contribution in [0.5, 0.6) is 0 Å². The van der Waals surface area contributed by atoms with Crippen LogP contribution in [0, 0.1) is 0 Å². The Morgan fingerprint density at radius 1 is 0.328 bits per heavy atom. The first-order valence-corrected chi connectivity index (χ1v) is 26.2. The van der Waals surface area contributed by atoms with Crippen molar-refractivity contribution >= 4 is 18.3 Å². The van der Waals surface area contributed by atoms with E-state index in [0.717, 1.165) is 38.5 Å². The zero-order valence-electron chi connectivity index (χ0n) is 41.1. The van der Waals surface area contributed by atoms with Gasteiger partial charge in [-0.25, -0.2) is 14.4 Å². The largest absolute Gasteiger partial charge is 0.447 e. The van der Waals surface area contributed by atoms with E-state index >= 15 is 0 Å². The molecule has 0 aromatic rings. The summed E-state index contributed by atoms with van der Waals surface area (Å²) in [7, 11) is 3.63. The lowest BCUT2D eigenvalue weighted by atomic mass is 10.0. The minimum absolute atomic E-state index is 0.109. The van der Waals surface area contributed by atoms with Gasteiger partial charge in [0.2, 0.25) is 0 Å². The van der Waals surface area contributed by atoms with Gasteiger partial charge >= 0.3 is 18.3 Å². The lowest BCUT2D eigenvalue weighted by molar-refractivity contribution is -0.0363. The summed E-state index contributed by atoms with van der Waals surface area (Å²) >= 11 is 0. The molecule has 0 saturated carbocycles. The number of unbranched alkanes of at least 4 members (excludes halogenated alkanes) is 33. The number of carbonyl (C=O) groups is 3. The van der Waals surface area contributed by atoms with Crippen LogP contribution >= 0.6 is 0 Å². The molecule has 10 heteroatoms. The number of carbonyl (C=O) groups excluding carboxylic acids is 3. The average Bonchev–Trinajstić information content (AvgIpc) is 3.25. The van der Waals surface area contributed by atoms with Gasteiger partial charge in [-0.1, -0.05) is 233 Å². The van der Waals surface area contributed by atoms with Crippen molar-refractivity contribution in [3.8, 4) is 0 Å². The second kappa shape index (κ2) is 45.8. The predicted molar refractivity (Wildman–Crippen MR) is 258 cm³/mol. The molecule has 0 aliphatic heterocycles. The Labute approximate surface area is 377 Å². The van der Waals surface area contributed by atoms with Gasteiger partial charge in [-0.3, -0.25) is 4.90 Å². The molecule has 0 saturated heterocycles. The van der Waals surface area contributed by atoms with Crippen LogP contribution in [0.1, 0.15) is 252 Å². The van der Waals surface area contributed by atoms with E-state index in [-0.39, 0.29) is 19.8 Å². The van der Waals surface area contributed by atoms with Crippen molar-refractivity contribution in [1.29, 1.82) is 0 Å². The first-order valence-electron chi connectivity index (χ1n) is 26.2. The lowest BCUT2D eigenvalue weighted by Crippen LogP contribution is -2.57. The van der Waals surface area contributed by atoms with Crippen LogP contribution in [0.2, 0.25) is 0 Å². The summed E-state index contributed by atoms with van der Waals surface area (Å²) in [6, 6.07) is 0.